The Morgan fingerprint density at radius 3 is 2.32 bits per heavy atom. The van der Waals surface area contributed by atoms with Gasteiger partial charge in [0.15, 0.2) is 0 Å². The Morgan fingerprint density at radius 2 is 1.74 bits per heavy atom. The summed E-state index contributed by atoms with van der Waals surface area (Å²) in [5.41, 5.74) is 0. The minimum absolute atomic E-state index is 0.286. The monoisotopic (exact) mass is 278 g/mol. The second-order valence-corrected chi connectivity index (χ2v) is 4.69. The predicted molar refractivity (Wildman–Crippen MR) is 64.3 cm³/mol. The van der Waals surface area contributed by atoms with Gasteiger partial charge in [0.25, 0.3) is 0 Å². The average molecular weight is 278 g/mol. The van der Waals surface area contributed by atoms with Gasteiger partial charge in [-0.25, -0.2) is 0 Å². The van der Waals surface area contributed by atoms with E-state index in [1.165, 1.54) is 7.11 Å². The van der Waals surface area contributed by atoms with Crippen molar-refractivity contribution in [2.24, 2.45) is 0 Å². The summed E-state index contributed by atoms with van der Waals surface area (Å²) in [7, 11) is 1.32. The fraction of sp³-hybridized carbons (Fsp3) is 0.917. The van der Waals surface area contributed by atoms with E-state index in [4.69, 9.17) is 9.84 Å². The number of hydrogen-bond acceptors (Lipinski definition) is 7. The highest BCUT2D eigenvalue weighted by molar-refractivity contribution is 5.68. The molecule has 1 saturated heterocycles. The molecule has 1 fully saturated rings. The first-order chi connectivity index (χ1) is 9.01. The Morgan fingerprint density at radius 1 is 1.11 bits per heavy atom. The Labute approximate surface area is 111 Å². The summed E-state index contributed by atoms with van der Waals surface area (Å²) in [5, 5.41) is 38.0. The zero-order chi connectivity index (χ0) is 14.4. The van der Waals surface area contributed by atoms with E-state index in [-0.39, 0.29) is 12.4 Å². The van der Waals surface area contributed by atoms with Gasteiger partial charge < -0.3 is 29.9 Å². The van der Waals surface area contributed by atoms with Crippen LogP contribution >= 0.6 is 0 Å². The van der Waals surface area contributed by atoms with E-state index >= 15 is 0 Å². The molecule has 1 aliphatic heterocycles. The first-order valence-electron chi connectivity index (χ1n) is 6.38. The summed E-state index contributed by atoms with van der Waals surface area (Å²) in [4.78, 5) is 10.9. The molecule has 1 rings (SSSR count). The third-order valence-corrected chi connectivity index (χ3v) is 3.34. The van der Waals surface area contributed by atoms with Crippen LogP contribution in [-0.2, 0) is 14.3 Å². The van der Waals surface area contributed by atoms with Gasteiger partial charge in [-0.1, -0.05) is 6.42 Å². The van der Waals surface area contributed by atoms with Gasteiger partial charge in [-0.05, 0) is 12.8 Å². The molecule has 1 aliphatic rings. The molecule has 0 bridgehead atoms. The van der Waals surface area contributed by atoms with Crippen molar-refractivity contribution in [3.63, 3.8) is 0 Å². The molecule has 5 atom stereocenters. The van der Waals surface area contributed by atoms with Gasteiger partial charge in [0.05, 0.1) is 19.8 Å². The van der Waals surface area contributed by atoms with Crippen molar-refractivity contribution >= 4 is 5.97 Å². The highest BCUT2D eigenvalue weighted by Gasteiger charge is 2.42. The average Bonchev–Trinajstić information content (AvgIpc) is 2.42. The van der Waals surface area contributed by atoms with Gasteiger partial charge in [0.2, 0.25) is 0 Å². The molecule has 0 aromatic carbocycles. The molecule has 4 unspecified atom stereocenters. The van der Waals surface area contributed by atoms with E-state index in [9.17, 15) is 20.1 Å². The standard InChI is InChI=1S/C12H22O7/c1-18-9(14)5-3-2-4-7-10(15)12(17)11(16)8(6-13)19-7/h7-8,10-13,15-17H,2-6H2,1H3/t7-,8?,10?,11?,12?/m1/s1. The minimum Gasteiger partial charge on any atom is -0.469 e. The molecule has 0 aliphatic carbocycles. The van der Waals surface area contributed by atoms with Crippen LogP contribution < -0.4 is 0 Å². The van der Waals surface area contributed by atoms with E-state index in [0.29, 0.717) is 19.3 Å². The minimum atomic E-state index is -1.34. The van der Waals surface area contributed by atoms with E-state index in [1.54, 1.807) is 0 Å². The second-order valence-electron chi connectivity index (χ2n) is 4.69. The van der Waals surface area contributed by atoms with Crippen molar-refractivity contribution in [1.82, 2.24) is 0 Å². The third-order valence-electron chi connectivity index (χ3n) is 3.34. The lowest BCUT2D eigenvalue weighted by Crippen LogP contribution is -2.58. The van der Waals surface area contributed by atoms with E-state index in [2.05, 4.69) is 4.74 Å². The molecule has 0 spiro atoms. The first-order valence-corrected chi connectivity index (χ1v) is 6.38. The third kappa shape index (κ3) is 4.39. The largest absolute Gasteiger partial charge is 0.469 e. The van der Waals surface area contributed by atoms with Crippen LogP contribution in [0.1, 0.15) is 25.7 Å². The van der Waals surface area contributed by atoms with Crippen LogP contribution in [0, 0.1) is 0 Å². The number of aliphatic hydroxyl groups excluding tert-OH is 4. The summed E-state index contributed by atoms with van der Waals surface area (Å²) >= 11 is 0. The molecule has 7 nitrogen and oxygen atoms in total. The molecular formula is C12H22O7. The van der Waals surface area contributed by atoms with Crippen molar-refractivity contribution < 1.29 is 34.7 Å². The summed E-state index contributed by atoms with van der Waals surface area (Å²) in [6.07, 6.45) is -3.48. The quantitative estimate of drug-likeness (QED) is 0.347. The molecule has 1 heterocycles. The van der Waals surface area contributed by atoms with Crippen LogP contribution in [-0.4, -0.2) is 70.6 Å². The van der Waals surface area contributed by atoms with Crippen LogP contribution in [0.2, 0.25) is 0 Å². The zero-order valence-corrected chi connectivity index (χ0v) is 10.9. The number of carbonyl (C=O) groups excluding carboxylic acids is 1. The highest BCUT2D eigenvalue weighted by Crippen LogP contribution is 2.24. The van der Waals surface area contributed by atoms with Crippen LogP contribution in [0.3, 0.4) is 0 Å². The van der Waals surface area contributed by atoms with Gasteiger partial charge in [0.1, 0.15) is 24.4 Å². The molecule has 0 aromatic rings. The maximum absolute atomic E-state index is 10.9. The Bertz CT molecular complexity index is 281. The maximum Gasteiger partial charge on any atom is 0.305 e. The molecule has 0 amide bonds. The Balaban J connectivity index is 2.37. The van der Waals surface area contributed by atoms with Gasteiger partial charge in [0, 0.05) is 6.42 Å². The summed E-state index contributed by atoms with van der Waals surface area (Å²) in [5.74, 6) is -0.297. The number of hydrogen-bond donors (Lipinski definition) is 4. The van der Waals surface area contributed by atoms with Crippen LogP contribution in [0.4, 0.5) is 0 Å². The molecule has 4 N–H and O–H groups in total. The van der Waals surface area contributed by atoms with E-state index in [1.807, 2.05) is 0 Å². The molecule has 0 saturated carbocycles. The molecule has 0 aromatic heterocycles. The number of aliphatic hydroxyl groups is 4. The van der Waals surface area contributed by atoms with Crippen molar-refractivity contribution in [2.75, 3.05) is 13.7 Å². The van der Waals surface area contributed by atoms with E-state index < -0.39 is 37.1 Å². The molecular weight excluding hydrogens is 256 g/mol. The smallest absolute Gasteiger partial charge is 0.305 e. The van der Waals surface area contributed by atoms with Crippen molar-refractivity contribution in [1.29, 1.82) is 0 Å². The van der Waals surface area contributed by atoms with Gasteiger partial charge in [-0.15, -0.1) is 0 Å². The van der Waals surface area contributed by atoms with Gasteiger partial charge >= 0.3 is 5.97 Å². The number of rotatable bonds is 6. The van der Waals surface area contributed by atoms with Crippen molar-refractivity contribution in [3.05, 3.63) is 0 Å². The van der Waals surface area contributed by atoms with Gasteiger partial charge in [-0.2, -0.15) is 0 Å². The van der Waals surface area contributed by atoms with Crippen molar-refractivity contribution in [2.45, 2.75) is 56.2 Å². The fourth-order valence-corrected chi connectivity index (χ4v) is 2.13. The van der Waals surface area contributed by atoms with E-state index in [0.717, 1.165) is 0 Å². The van der Waals surface area contributed by atoms with Crippen molar-refractivity contribution in [3.8, 4) is 0 Å². The number of unbranched alkanes of at least 4 members (excludes halogenated alkanes) is 1. The number of methoxy groups -OCH3 is 1. The highest BCUT2D eigenvalue weighted by atomic mass is 16.5. The lowest BCUT2D eigenvalue weighted by molar-refractivity contribution is -0.230. The number of esters is 1. The SMILES string of the molecule is COC(=O)CCCC[C@H]1OC(CO)C(O)C(O)C1O. The van der Waals surface area contributed by atoms with Gasteiger partial charge in [-0.3, -0.25) is 4.79 Å². The lowest BCUT2D eigenvalue weighted by Gasteiger charge is -2.40. The lowest BCUT2D eigenvalue weighted by atomic mass is 9.92. The Kier molecular flexibility index (Phi) is 6.67. The summed E-state index contributed by atoms with van der Waals surface area (Å²) in [6.45, 7) is -0.427. The zero-order valence-electron chi connectivity index (χ0n) is 10.9. The first kappa shape index (κ1) is 16.3. The predicted octanol–water partition coefficient (Wildman–Crippen LogP) is -1.44. The number of carbonyl (C=O) groups is 1. The molecule has 112 valence electrons. The summed E-state index contributed by atoms with van der Waals surface area (Å²) in [6, 6.07) is 0. The summed E-state index contributed by atoms with van der Waals surface area (Å²) < 4.78 is 9.84. The topological polar surface area (TPSA) is 116 Å². The maximum atomic E-state index is 10.9. The molecule has 0 radical (unpaired) electrons. The van der Waals surface area contributed by atoms with Crippen LogP contribution in [0.5, 0.6) is 0 Å². The van der Waals surface area contributed by atoms with Crippen LogP contribution in [0.15, 0.2) is 0 Å². The number of ether oxygens (including phenoxy) is 2. The Hall–Kier alpha value is -0.730. The normalized spacial score (nSPS) is 35.1. The molecule has 7 heteroatoms. The second kappa shape index (κ2) is 7.76. The molecule has 19 heavy (non-hydrogen) atoms. The fourth-order valence-electron chi connectivity index (χ4n) is 2.13. The van der Waals surface area contributed by atoms with Crippen LogP contribution in [0.25, 0.3) is 0 Å².